The van der Waals surface area contributed by atoms with Gasteiger partial charge < -0.3 is 5.11 Å². The highest BCUT2D eigenvalue weighted by atomic mass is 79.9. The van der Waals surface area contributed by atoms with Crippen molar-refractivity contribution in [3.63, 3.8) is 0 Å². The lowest BCUT2D eigenvalue weighted by molar-refractivity contribution is -0.0535. The van der Waals surface area contributed by atoms with Crippen LogP contribution in [0.1, 0.15) is 44.5 Å². The van der Waals surface area contributed by atoms with Gasteiger partial charge in [0.25, 0.3) is 0 Å². The number of aliphatic hydroxyl groups is 1. The van der Waals surface area contributed by atoms with Gasteiger partial charge in [0, 0.05) is 13.5 Å². The predicted molar refractivity (Wildman–Crippen MR) is 76.5 cm³/mol. The molecule has 0 aromatic carbocycles. The highest BCUT2D eigenvalue weighted by molar-refractivity contribution is 9.10. The largest absolute Gasteiger partial charge is 0.389 e. The molecule has 1 heterocycles. The Morgan fingerprint density at radius 1 is 1.50 bits per heavy atom. The Balaban J connectivity index is 2.22. The fourth-order valence-electron chi connectivity index (χ4n) is 3.11. The van der Waals surface area contributed by atoms with Crippen molar-refractivity contribution >= 4 is 15.9 Å². The van der Waals surface area contributed by atoms with E-state index in [9.17, 15) is 5.11 Å². The molecule has 0 amide bonds. The summed E-state index contributed by atoms with van der Waals surface area (Å²) in [6.45, 7) is 6.44. The average Bonchev–Trinajstić information content (AvgIpc) is 2.52. The van der Waals surface area contributed by atoms with Crippen molar-refractivity contribution in [2.75, 3.05) is 0 Å². The molecule has 18 heavy (non-hydrogen) atoms. The van der Waals surface area contributed by atoms with Gasteiger partial charge >= 0.3 is 0 Å². The Kier molecular flexibility index (Phi) is 3.88. The summed E-state index contributed by atoms with van der Waals surface area (Å²) in [4.78, 5) is 0. The topological polar surface area (TPSA) is 38.0 Å². The van der Waals surface area contributed by atoms with Crippen LogP contribution in [0.3, 0.4) is 0 Å². The second-order valence-corrected chi connectivity index (χ2v) is 6.82. The molecule has 0 bridgehead atoms. The number of aromatic nitrogens is 2. The van der Waals surface area contributed by atoms with E-state index in [2.05, 4.69) is 34.9 Å². The molecule has 3 unspecified atom stereocenters. The number of halogens is 1. The van der Waals surface area contributed by atoms with Crippen LogP contribution in [0.4, 0.5) is 0 Å². The van der Waals surface area contributed by atoms with E-state index < -0.39 is 5.60 Å². The molecule has 4 heteroatoms. The molecule has 1 aromatic heterocycles. The second kappa shape index (κ2) is 4.97. The Labute approximate surface area is 118 Å². The SMILES string of the molecule is Cc1nn(C)c(CC2(O)CCC(C)CC2C)c1Br. The van der Waals surface area contributed by atoms with Crippen LogP contribution in [0.15, 0.2) is 4.47 Å². The van der Waals surface area contributed by atoms with E-state index in [1.54, 1.807) is 0 Å². The summed E-state index contributed by atoms with van der Waals surface area (Å²) < 4.78 is 2.94. The minimum absolute atomic E-state index is 0.350. The van der Waals surface area contributed by atoms with Crippen LogP contribution in [-0.2, 0) is 13.5 Å². The molecule has 1 aliphatic rings. The van der Waals surface area contributed by atoms with Crippen molar-refractivity contribution in [1.82, 2.24) is 9.78 Å². The summed E-state index contributed by atoms with van der Waals surface area (Å²) in [5.74, 6) is 1.08. The van der Waals surface area contributed by atoms with Crippen LogP contribution in [0.2, 0.25) is 0 Å². The van der Waals surface area contributed by atoms with Gasteiger partial charge in [-0.25, -0.2) is 0 Å². The van der Waals surface area contributed by atoms with Crippen molar-refractivity contribution in [3.8, 4) is 0 Å². The molecule has 0 radical (unpaired) electrons. The molecule has 1 fully saturated rings. The van der Waals surface area contributed by atoms with Gasteiger partial charge in [0.15, 0.2) is 0 Å². The zero-order valence-electron chi connectivity index (χ0n) is 11.7. The zero-order chi connectivity index (χ0) is 13.5. The standard InChI is InChI=1S/C14H23BrN2O/c1-9-5-6-14(18,10(2)7-9)8-12-13(15)11(3)16-17(12)4/h9-10,18H,5-8H2,1-4H3. The number of nitrogens with zero attached hydrogens (tertiary/aromatic N) is 2. The Morgan fingerprint density at radius 2 is 2.17 bits per heavy atom. The van der Waals surface area contributed by atoms with Crippen molar-refractivity contribution in [2.45, 2.75) is 52.1 Å². The van der Waals surface area contributed by atoms with Gasteiger partial charge in [0.2, 0.25) is 0 Å². The quantitative estimate of drug-likeness (QED) is 0.910. The third kappa shape index (κ3) is 2.50. The van der Waals surface area contributed by atoms with Crippen molar-refractivity contribution in [3.05, 3.63) is 15.9 Å². The van der Waals surface area contributed by atoms with Gasteiger partial charge in [-0.05, 0) is 54.0 Å². The first kappa shape index (κ1) is 14.1. The fourth-order valence-corrected chi connectivity index (χ4v) is 3.58. The minimum Gasteiger partial charge on any atom is -0.389 e. The van der Waals surface area contributed by atoms with Gasteiger partial charge in [-0.15, -0.1) is 0 Å². The van der Waals surface area contributed by atoms with Crippen molar-refractivity contribution in [2.24, 2.45) is 18.9 Å². The van der Waals surface area contributed by atoms with Gasteiger partial charge in [-0.2, -0.15) is 5.10 Å². The Bertz CT molecular complexity index is 443. The van der Waals surface area contributed by atoms with E-state index in [0.717, 1.165) is 41.0 Å². The molecule has 1 aromatic rings. The summed E-state index contributed by atoms with van der Waals surface area (Å²) in [5.41, 5.74) is 1.53. The minimum atomic E-state index is -0.574. The van der Waals surface area contributed by atoms with Gasteiger partial charge in [-0.1, -0.05) is 13.8 Å². The molecule has 1 N–H and O–H groups in total. The van der Waals surface area contributed by atoms with E-state index >= 15 is 0 Å². The Hall–Kier alpha value is -0.350. The molecule has 1 aliphatic carbocycles. The number of aryl methyl sites for hydroxylation is 2. The Morgan fingerprint density at radius 3 is 2.67 bits per heavy atom. The lowest BCUT2D eigenvalue weighted by Crippen LogP contribution is -2.43. The fraction of sp³-hybridized carbons (Fsp3) is 0.786. The van der Waals surface area contributed by atoms with Gasteiger partial charge in [-0.3, -0.25) is 4.68 Å². The smallest absolute Gasteiger partial charge is 0.0738 e. The van der Waals surface area contributed by atoms with E-state index in [1.165, 1.54) is 0 Å². The van der Waals surface area contributed by atoms with Crippen LogP contribution in [0, 0.1) is 18.8 Å². The maximum Gasteiger partial charge on any atom is 0.0738 e. The number of hydrogen-bond donors (Lipinski definition) is 1. The van der Waals surface area contributed by atoms with E-state index in [0.29, 0.717) is 12.3 Å². The molecule has 0 saturated heterocycles. The highest BCUT2D eigenvalue weighted by Crippen LogP contribution is 2.40. The second-order valence-electron chi connectivity index (χ2n) is 6.03. The van der Waals surface area contributed by atoms with Crippen LogP contribution >= 0.6 is 15.9 Å². The molecule has 2 rings (SSSR count). The lowest BCUT2D eigenvalue weighted by atomic mass is 9.70. The third-order valence-electron chi connectivity index (χ3n) is 4.48. The van der Waals surface area contributed by atoms with Gasteiger partial charge in [0.05, 0.1) is 21.5 Å². The van der Waals surface area contributed by atoms with Crippen LogP contribution < -0.4 is 0 Å². The summed E-state index contributed by atoms with van der Waals surface area (Å²) in [7, 11) is 1.95. The zero-order valence-corrected chi connectivity index (χ0v) is 13.3. The summed E-state index contributed by atoms with van der Waals surface area (Å²) in [6.07, 6.45) is 3.82. The van der Waals surface area contributed by atoms with Crippen molar-refractivity contribution < 1.29 is 5.11 Å². The maximum absolute atomic E-state index is 10.9. The van der Waals surface area contributed by atoms with Crippen LogP contribution in [-0.4, -0.2) is 20.5 Å². The van der Waals surface area contributed by atoms with Gasteiger partial charge in [0.1, 0.15) is 0 Å². The lowest BCUT2D eigenvalue weighted by Gasteiger charge is -2.40. The average molecular weight is 315 g/mol. The first-order valence-corrected chi connectivity index (χ1v) is 7.53. The molecule has 3 nitrogen and oxygen atoms in total. The summed E-state index contributed by atoms with van der Waals surface area (Å²) in [5, 5.41) is 15.3. The van der Waals surface area contributed by atoms with Crippen molar-refractivity contribution in [1.29, 1.82) is 0 Å². The number of hydrogen-bond acceptors (Lipinski definition) is 2. The first-order valence-electron chi connectivity index (χ1n) is 6.74. The normalized spacial score (nSPS) is 32.8. The summed E-state index contributed by atoms with van der Waals surface area (Å²) in [6, 6.07) is 0. The van der Waals surface area contributed by atoms with Crippen LogP contribution in [0.25, 0.3) is 0 Å². The molecule has 1 saturated carbocycles. The monoisotopic (exact) mass is 314 g/mol. The molecule has 0 spiro atoms. The van der Waals surface area contributed by atoms with E-state index in [-0.39, 0.29) is 0 Å². The summed E-state index contributed by atoms with van der Waals surface area (Å²) >= 11 is 3.59. The predicted octanol–water partition coefficient (Wildman–Crippen LogP) is 3.22. The molecule has 102 valence electrons. The number of rotatable bonds is 2. The first-order chi connectivity index (χ1) is 8.33. The third-order valence-corrected chi connectivity index (χ3v) is 5.51. The maximum atomic E-state index is 10.9. The molecular weight excluding hydrogens is 292 g/mol. The van der Waals surface area contributed by atoms with E-state index in [4.69, 9.17) is 0 Å². The molecular formula is C14H23BrN2O. The van der Waals surface area contributed by atoms with E-state index in [1.807, 2.05) is 18.7 Å². The highest BCUT2D eigenvalue weighted by Gasteiger charge is 2.39. The molecule has 0 aliphatic heterocycles. The molecule has 3 atom stereocenters. The van der Waals surface area contributed by atoms with Crippen LogP contribution in [0.5, 0.6) is 0 Å².